The minimum Gasteiger partial charge on any atom is -0.453 e. The summed E-state index contributed by atoms with van der Waals surface area (Å²) in [6.07, 6.45) is 0. The largest absolute Gasteiger partial charge is 0.453 e. The lowest BCUT2D eigenvalue weighted by molar-refractivity contribution is 0.528. The van der Waals surface area contributed by atoms with Crippen LogP contribution < -0.4 is 0 Å². The highest BCUT2D eigenvalue weighted by Crippen LogP contribution is 2.29. The molecular weight excluding hydrogens is 374 g/mol. The zero-order chi connectivity index (χ0) is 18.9. The van der Waals surface area contributed by atoms with Gasteiger partial charge in [-0.25, -0.2) is 0 Å². The predicted molar refractivity (Wildman–Crippen MR) is 106 cm³/mol. The number of nitrogens with zero attached hydrogens (tertiary/aromatic N) is 5. The van der Waals surface area contributed by atoms with Gasteiger partial charge in [0.1, 0.15) is 5.58 Å². The van der Waals surface area contributed by atoms with Crippen LogP contribution in [0.25, 0.3) is 34.0 Å². The molecule has 7 nitrogen and oxygen atoms in total. The number of benzene rings is 2. The maximum atomic E-state index is 5.89. The summed E-state index contributed by atoms with van der Waals surface area (Å²) in [5, 5.41) is 18.6. The molecule has 0 N–H and O–H groups in total. The standard InChI is InChI=1S/C20H15N5O2S/c1-25-18(16-11-14-9-5-6-10-15(14)26-16)22-24-20(25)28-12-17-21-23-19(27-17)13-7-3-2-4-8-13/h2-11H,12H2,1H3. The normalized spacial score (nSPS) is 11.3. The minimum atomic E-state index is 0.506. The highest BCUT2D eigenvalue weighted by atomic mass is 32.2. The van der Waals surface area contributed by atoms with E-state index >= 15 is 0 Å². The van der Waals surface area contributed by atoms with Gasteiger partial charge in [-0.15, -0.1) is 20.4 Å². The molecule has 0 bridgehead atoms. The fourth-order valence-electron chi connectivity index (χ4n) is 2.88. The van der Waals surface area contributed by atoms with Gasteiger partial charge in [0.25, 0.3) is 0 Å². The third kappa shape index (κ3) is 3.07. The molecule has 0 saturated carbocycles. The van der Waals surface area contributed by atoms with Gasteiger partial charge in [0.2, 0.25) is 11.8 Å². The van der Waals surface area contributed by atoms with Crippen molar-refractivity contribution in [2.75, 3.05) is 0 Å². The Hall–Kier alpha value is -3.39. The van der Waals surface area contributed by atoms with Crippen molar-refractivity contribution in [2.45, 2.75) is 10.9 Å². The Kier molecular flexibility index (Phi) is 4.17. The average molecular weight is 389 g/mol. The first-order valence-corrected chi connectivity index (χ1v) is 9.65. The van der Waals surface area contributed by atoms with Crippen molar-refractivity contribution in [3.63, 3.8) is 0 Å². The van der Waals surface area contributed by atoms with E-state index in [1.807, 2.05) is 72.3 Å². The number of para-hydroxylation sites is 1. The molecule has 0 aliphatic rings. The molecule has 0 fully saturated rings. The minimum absolute atomic E-state index is 0.506. The summed E-state index contributed by atoms with van der Waals surface area (Å²) in [6, 6.07) is 19.5. The third-order valence-electron chi connectivity index (χ3n) is 4.29. The summed E-state index contributed by atoms with van der Waals surface area (Å²) in [4.78, 5) is 0. The summed E-state index contributed by atoms with van der Waals surface area (Å²) in [5.41, 5.74) is 1.73. The average Bonchev–Trinajstić information content (AvgIpc) is 3.45. The molecule has 138 valence electrons. The molecule has 2 aromatic carbocycles. The summed E-state index contributed by atoms with van der Waals surface area (Å²) >= 11 is 1.48. The molecular formula is C20H15N5O2S. The summed E-state index contributed by atoms with van der Waals surface area (Å²) in [5.74, 6) is 2.92. The van der Waals surface area contributed by atoms with Crippen molar-refractivity contribution in [1.82, 2.24) is 25.0 Å². The molecule has 5 rings (SSSR count). The molecule has 0 saturated heterocycles. The molecule has 8 heteroatoms. The zero-order valence-electron chi connectivity index (χ0n) is 14.9. The second-order valence-electron chi connectivity index (χ2n) is 6.17. The molecule has 0 aliphatic heterocycles. The van der Waals surface area contributed by atoms with Crippen LogP contribution in [0.2, 0.25) is 0 Å². The van der Waals surface area contributed by atoms with E-state index in [0.717, 1.165) is 21.7 Å². The second kappa shape index (κ2) is 6.97. The van der Waals surface area contributed by atoms with Crippen LogP contribution in [0.1, 0.15) is 5.89 Å². The first-order valence-electron chi connectivity index (χ1n) is 8.67. The van der Waals surface area contributed by atoms with Crippen LogP contribution in [0, 0.1) is 0 Å². The first kappa shape index (κ1) is 16.8. The summed E-state index contributed by atoms with van der Waals surface area (Å²) < 4.78 is 13.5. The fourth-order valence-corrected chi connectivity index (χ4v) is 3.63. The Balaban J connectivity index is 1.34. The molecule has 0 aliphatic carbocycles. The second-order valence-corrected chi connectivity index (χ2v) is 7.11. The van der Waals surface area contributed by atoms with E-state index in [0.29, 0.717) is 29.1 Å². The SMILES string of the molecule is Cn1c(SCc2nnc(-c3ccccc3)o2)nnc1-c1cc2ccccc2o1. The highest BCUT2D eigenvalue weighted by molar-refractivity contribution is 7.98. The zero-order valence-corrected chi connectivity index (χ0v) is 15.8. The number of hydrogen-bond acceptors (Lipinski definition) is 7. The van der Waals surface area contributed by atoms with Crippen LogP contribution in [0.4, 0.5) is 0 Å². The maximum absolute atomic E-state index is 5.89. The number of furan rings is 1. The van der Waals surface area contributed by atoms with E-state index in [4.69, 9.17) is 8.83 Å². The molecule has 28 heavy (non-hydrogen) atoms. The molecule has 0 unspecified atom stereocenters. The lowest BCUT2D eigenvalue weighted by atomic mass is 10.2. The Bertz CT molecular complexity index is 1210. The van der Waals surface area contributed by atoms with Crippen LogP contribution in [0.15, 0.2) is 74.7 Å². The molecule has 0 spiro atoms. The smallest absolute Gasteiger partial charge is 0.247 e. The molecule has 3 aromatic heterocycles. The number of thioether (sulfide) groups is 1. The van der Waals surface area contributed by atoms with Crippen LogP contribution in [0.5, 0.6) is 0 Å². The van der Waals surface area contributed by atoms with E-state index in [1.54, 1.807) is 0 Å². The molecule has 5 aromatic rings. The van der Waals surface area contributed by atoms with E-state index in [1.165, 1.54) is 11.8 Å². The van der Waals surface area contributed by atoms with E-state index in [9.17, 15) is 0 Å². The van der Waals surface area contributed by atoms with Gasteiger partial charge >= 0.3 is 0 Å². The Morgan fingerprint density at radius 2 is 1.71 bits per heavy atom. The quantitative estimate of drug-likeness (QED) is 0.407. The molecule has 3 heterocycles. The van der Waals surface area contributed by atoms with Gasteiger partial charge in [-0.1, -0.05) is 48.2 Å². The highest BCUT2D eigenvalue weighted by Gasteiger charge is 2.16. The maximum Gasteiger partial charge on any atom is 0.247 e. The third-order valence-corrected chi connectivity index (χ3v) is 5.30. The van der Waals surface area contributed by atoms with Gasteiger partial charge in [0.05, 0.1) is 5.75 Å². The van der Waals surface area contributed by atoms with Gasteiger partial charge in [-0.05, 0) is 24.3 Å². The van der Waals surface area contributed by atoms with E-state index in [2.05, 4.69) is 20.4 Å². The molecule has 0 amide bonds. The Morgan fingerprint density at radius 3 is 2.57 bits per heavy atom. The lowest BCUT2D eigenvalue weighted by Gasteiger charge is -2.00. The topological polar surface area (TPSA) is 82.8 Å². The lowest BCUT2D eigenvalue weighted by Crippen LogP contribution is -1.94. The van der Waals surface area contributed by atoms with Crippen molar-refractivity contribution in [1.29, 1.82) is 0 Å². The van der Waals surface area contributed by atoms with Crippen LogP contribution in [0.3, 0.4) is 0 Å². The van der Waals surface area contributed by atoms with Crippen LogP contribution in [-0.2, 0) is 12.8 Å². The number of fused-ring (bicyclic) bond motifs is 1. The van der Waals surface area contributed by atoms with Crippen molar-refractivity contribution < 1.29 is 8.83 Å². The Labute approximate surface area is 164 Å². The van der Waals surface area contributed by atoms with Gasteiger partial charge < -0.3 is 13.4 Å². The van der Waals surface area contributed by atoms with Gasteiger partial charge in [0, 0.05) is 18.0 Å². The van der Waals surface area contributed by atoms with Crippen molar-refractivity contribution in [3.8, 4) is 23.0 Å². The van der Waals surface area contributed by atoms with E-state index < -0.39 is 0 Å². The van der Waals surface area contributed by atoms with Gasteiger partial charge in [-0.3, -0.25) is 0 Å². The number of hydrogen-bond donors (Lipinski definition) is 0. The van der Waals surface area contributed by atoms with Crippen LogP contribution >= 0.6 is 11.8 Å². The van der Waals surface area contributed by atoms with E-state index in [-0.39, 0.29) is 0 Å². The van der Waals surface area contributed by atoms with Crippen molar-refractivity contribution in [3.05, 3.63) is 66.6 Å². The summed E-state index contributed by atoms with van der Waals surface area (Å²) in [7, 11) is 1.91. The van der Waals surface area contributed by atoms with Crippen molar-refractivity contribution in [2.24, 2.45) is 7.05 Å². The molecule has 0 atom stereocenters. The number of aromatic nitrogens is 5. The molecule has 0 radical (unpaired) electrons. The van der Waals surface area contributed by atoms with Crippen molar-refractivity contribution >= 4 is 22.7 Å². The summed E-state index contributed by atoms with van der Waals surface area (Å²) in [6.45, 7) is 0. The predicted octanol–water partition coefficient (Wildman–Crippen LogP) is 4.57. The monoisotopic (exact) mass is 389 g/mol. The van der Waals surface area contributed by atoms with Gasteiger partial charge in [-0.2, -0.15) is 0 Å². The van der Waals surface area contributed by atoms with Gasteiger partial charge in [0.15, 0.2) is 16.7 Å². The van der Waals surface area contributed by atoms with Crippen LogP contribution in [-0.4, -0.2) is 25.0 Å². The fraction of sp³-hybridized carbons (Fsp3) is 0.100. The first-order chi connectivity index (χ1) is 13.8. The number of rotatable bonds is 5. The Morgan fingerprint density at radius 1 is 0.893 bits per heavy atom.